The first kappa shape index (κ1) is 16.4. The van der Waals surface area contributed by atoms with Crippen LogP contribution in [0.25, 0.3) is 0 Å². The van der Waals surface area contributed by atoms with Crippen molar-refractivity contribution in [2.45, 2.75) is 39.2 Å². The first-order chi connectivity index (χ1) is 9.70. The topological polar surface area (TPSA) is 52.6 Å². The van der Waals surface area contributed by atoms with Crippen molar-refractivity contribution in [1.29, 1.82) is 0 Å². The summed E-state index contributed by atoms with van der Waals surface area (Å²) in [5.41, 5.74) is 0.890. The van der Waals surface area contributed by atoms with Crippen LogP contribution in [0.5, 0.6) is 11.5 Å². The lowest BCUT2D eigenvalue weighted by molar-refractivity contribution is 0.130. The molecule has 1 heterocycles. The highest BCUT2D eigenvalue weighted by molar-refractivity contribution is 8.13. The maximum Gasteiger partial charge on any atom is 0.232 e. The Hall–Kier alpha value is -0.940. The predicted octanol–water partition coefficient (Wildman–Crippen LogP) is 3.37. The van der Waals surface area contributed by atoms with Gasteiger partial charge in [0, 0.05) is 28.6 Å². The summed E-state index contributed by atoms with van der Waals surface area (Å²) in [7, 11) is 1.80. The van der Waals surface area contributed by atoms with Crippen LogP contribution in [0.15, 0.2) is 18.2 Å². The lowest BCUT2D eigenvalue weighted by Gasteiger charge is -2.19. The zero-order valence-electron chi connectivity index (χ0n) is 12.6. The summed E-state index contributed by atoms with van der Waals surface area (Å²) < 4.78 is 34.1. The van der Waals surface area contributed by atoms with Gasteiger partial charge in [0.05, 0.1) is 12.4 Å². The molecule has 2 rings (SSSR count). The van der Waals surface area contributed by atoms with Gasteiger partial charge in [-0.1, -0.05) is 19.1 Å². The van der Waals surface area contributed by atoms with Crippen LogP contribution in [0.4, 0.5) is 0 Å². The molecule has 1 aromatic rings. The third-order valence-corrected chi connectivity index (χ3v) is 4.79. The standard InChI is InChI=1S/C15H21ClO4S/c1-4-11(10-21(16,17)18)9-19-13-7-5-6-12-8-15(2,3)20-14(12)13/h5-7,11H,4,8-10H2,1-3H3. The molecule has 1 unspecified atom stereocenters. The van der Waals surface area contributed by atoms with Gasteiger partial charge < -0.3 is 9.47 Å². The molecule has 118 valence electrons. The fourth-order valence-electron chi connectivity index (χ4n) is 2.47. The van der Waals surface area contributed by atoms with Gasteiger partial charge >= 0.3 is 0 Å². The van der Waals surface area contributed by atoms with Crippen LogP contribution in [0, 0.1) is 5.92 Å². The van der Waals surface area contributed by atoms with E-state index in [4.69, 9.17) is 20.2 Å². The average molecular weight is 333 g/mol. The number of benzene rings is 1. The minimum atomic E-state index is -3.51. The van der Waals surface area contributed by atoms with Gasteiger partial charge in [0.2, 0.25) is 9.05 Å². The maximum absolute atomic E-state index is 11.2. The highest BCUT2D eigenvalue weighted by Gasteiger charge is 2.32. The van der Waals surface area contributed by atoms with Crippen molar-refractivity contribution in [2.24, 2.45) is 5.92 Å². The van der Waals surface area contributed by atoms with E-state index in [1.807, 2.05) is 39.0 Å². The Labute approximate surface area is 130 Å². The average Bonchev–Trinajstić information content (AvgIpc) is 2.67. The minimum absolute atomic E-state index is 0.0770. The molecule has 0 spiro atoms. The van der Waals surface area contributed by atoms with Gasteiger partial charge in [-0.05, 0) is 26.3 Å². The number of fused-ring (bicyclic) bond motifs is 1. The number of para-hydroxylation sites is 1. The molecule has 0 saturated carbocycles. The molecule has 0 fully saturated rings. The number of halogens is 1. The van der Waals surface area contributed by atoms with E-state index in [-0.39, 0.29) is 17.3 Å². The van der Waals surface area contributed by atoms with Gasteiger partial charge in [0.1, 0.15) is 5.60 Å². The van der Waals surface area contributed by atoms with Crippen LogP contribution in [0.1, 0.15) is 32.8 Å². The van der Waals surface area contributed by atoms with Crippen LogP contribution in [-0.4, -0.2) is 26.4 Å². The van der Waals surface area contributed by atoms with Crippen molar-refractivity contribution in [3.8, 4) is 11.5 Å². The molecule has 21 heavy (non-hydrogen) atoms. The molecule has 1 aliphatic rings. The molecule has 1 atom stereocenters. The van der Waals surface area contributed by atoms with Crippen LogP contribution in [0.3, 0.4) is 0 Å². The fourth-order valence-corrected chi connectivity index (χ4v) is 3.90. The van der Waals surface area contributed by atoms with Crippen molar-refractivity contribution in [3.63, 3.8) is 0 Å². The second-order valence-electron chi connectivity index (χ2n) is 6.07. The lowest BCUT2D eigenvalue weighted by Crippen LogP contribution is -2.25. The Balaban J connectivity index is 2.07. The summed E-state index contributed by atoms with van der Waals surface area (Å²) in [5.74, 6) is 1.24. The van der Waals surface area contributed by atoms with Gasteiger partial charge in [0.15, 0.2) is 11.5 Å². The molecule has 0 saturated heterocycles. The van der Waals surface area contributed by atoms with E-state index in [0.29, 0.717) is 18.8 Å². The van der Waals surface area contributed by atoms with E-state index in [1.54, 1.807) is 0 Å². The number of hydrogen-bond donors (Lipinski definition) is 0. The fraction of sp³-hybridized carbons (Fsp3) is 0.600. The third kappa shape index (κ3) is 4.51. The van der Waals surface area contributed by atoms with Crippen molar-refractivity contribution >= 4 is 19.7 Å². The molecule has 1 aromatic carbocycles. The predicted molar refractivity (Wildman–Crippen MR) is 83.8 cm³/mol. The zero-order chi connectivity index (χ0) is 15.7. The van der Waals surface area contributed by atoms with E-state index in [2.05, 4.69) is 0 Å². The van der Waals surface area contributed by atoms with Gasteiger partial charge in [-0.3, -0.25) is 0 Å². The Bertz CT molecular complexity index is 610. The van der Waals surface area contributed by atoms with Crippen LogP contribution in [-0.2, 0) is 15.5 Å². The second-order valence-corrected chi connectivity index (χ2v) is 8.90. The molecule has 1 aliphatic heterocycles. The molecule has 0 bridgehead atoms. The maximum atomic E-state index is 11.2. The van der Waals surface area contributed by atoms with Crippen molar-refractivity contribution < 1.29 is 17.9 Å². The molecular formula is C15H21ClO4S. The summed E-state index contributed by atoms with van der Waals surface area (Å²) in [6.07, 6.45) is 1.53. The van der Waals surface area contributed by atoms with Crippen LogP contribution < -0.4 is 9.47 Å². The summed E-state index contributed by atoms with van der Waals surface area (Å²) in [5, 5.41) is 0. The van der Waals surface area contributed by atoms with E-state index < -0.39 is 9.05 Å². The molecule has 0 amide bonds. The lowest BCUT2D eigenvalue weighted by atomic mass is 10.0. The largest absolute Gasteiger partial charge is 0.489 e. The molecule has 4 nitrogen and oxygen atoms in total. The molecule has 6 heteroatoms. The quantitative estimate of drug-likeness (QED) is 0.749. The van der Waals surface area contributed by atoms with Crippen molar-refractivity contribution in [1.82, 2.24) is 0 Å². The summed E-state index contributed by atoms with van der Waals surface area (Å²) >= 11 is 0. The number of ether oxygens (including phenoxy) is 2. The Morgan fingerprint density at radius 3 is 2.76 bits per heavy atom. The molecule has 0 radical (unpaired) electrons. The Kier molecular flexibility index (Phi) is 4.73. The normalized spacial score (nSPS) is 17.9. The van der Waals surface area contributed by atoms with Crippen LogP contribution in [0.2, 0.25) is 0 Å². The van der Waals surface area contributed by atoms with E-state index in [0.717, 1.165) is 17.7 Å². The zero-order valence-corrected chi connectivity index (χ0v) is 14.1. The highest BCUT2D eigenvalue weighted by atomic mass is 35.7. The highest BCUT2D eigenvalue weighted by Crippen LogP contribution is 2.41. The third-order valence-electron chi connectivity index (χ3n) is 3.54. The Morgan fingerprint density at radius 2 is 2.14 bits per heavy atom. The number of hydrogen-bond acceptors (Lipinski definition) is 4. The summed E-state index contributed by atoms with van der Waals surface area (Å²) in [6, 6.07) is 5.80. The van der Waals surface area contributed by atoms with Gasteiger partial charge in [0.25, 0.3) is 0 Å². The Morgan fingerprint density at radius 1 is 1.43 bits per heavy atom. The van der Waals surface area contributed by atoms with Crippen molar-refractivity contribution in [3.05, 3.63) is 23.8 Å². The van der Waals surface area contributed by atoms with Crippen molar-refractivity contribution in [2.75, 3.05) is 12.4 Å². The van der Waals surface area contributed by atoms with Crippen LogP contribution >= 0.6 is 10.7 Å². The smallest absolute Gasteiger partial charge is 0.232 e. The monoisotopic (exact) mass is 332 g/mol. The SMILES string of the molecule is CCC(COc1cccc2c1OC(C)(C)C2)CS(=O)(=O)Cl. The summed E-state index contributed by atoms with van der Waals surface area (Å²) in [6.45, 7) is 6.30. The molecule has 0 aliphatic carbocycles. The van der Waals surface area contributed by atoms with E-state index in [9.17, 15) is 8.42 Å². The molecule has 0 N–H and O–H groups in total. The summed E-state index contributed by atoms with van der Waals surface area (Å²) in [4.78, 5) is 0. The number of rotatable bonds is 6. The van der Waals surface area contributed by atoms with Gasteiger partial charge in [-0.25, -0.2) is 8.42 Å². The van der Waals surface area contributed by atoms with E-state index in [1.165, 1.54) is 0 Å². The minimum Gasteiger partial charge on any atom is -0.489 e. The first-order valence-electron chi connectivity index (χ1n) is 7.06. The second kappa shape index (κ2) is 6.05. The molecular weight excluding hydrogens is 312 g/mol. The van der Waals surface area contributed by atoms with Gasteiger partial charge in [-0.15, -0.1) is 0 Å². The first-order valence-corrected chi connectivity index (χ1v) is 9.54. The van der Waals surface area contributed by atoms with E-state index >= 15 is 0 Å². The van der Waals surface area contributed by atoms with Gasteiger partial charge in [-0.2, -0.15) is 0 Å². The molecule has 0 aromatic heterocycles.